The van der Waals surface area contributed by atoms with Crippen molar-refractivity contribution in [3.05, 3.63) is 35.3 Å². The minimum Gasteiger partial charge on any atom is -0.459 e. The molecule has 0 saturated heterocycles. The third kappa shape index (κ3) is 1.61. The first-order valence-electron chi connectivity index (χ1n) is 5.45. The van der Waals surface area contributed by atoms with E-state index in [9.17, 15) is 4.39 Å². The summed E-state index contributed by atoms with van der Waals surface area (Å²) in [6.45, 7) is 5.90. The molecular weight excluding hydrogens is 205 g/mol. The van der Waals surface area contributed by atoms with Crippen LogP contribution in [0.3, 0.4) is 0 Å². The first-order valence-corrected chi connectivity index (χ1v) is 5.45. The fourth-order valence-electron chi connectivity index (χ4n) is 1.89. The molecule has 16 heavy (non-hydrogen) atoms. The largest absolute Gasteiger partial charge is 0.459 e. The summed E-state index contributed by atoms with van der Waals surface area (Å²) in [5.41, 5.74) is 7.42. The minimum absolute atomic E-state index is 0.188. The van der Waals surface area contributed by atoms with Gasteiger partial charge in [-0.15, -0.1) is 0 Å². The molecule has 2 aromatic rings. The van der Waals surface area contributed by atoms with Crippen LogP contribution in [-0.4, -0.2) is 0 Å². The van der Waals surface area contributed by atoms with Gasteiger partial charge in [-0.3, -0.25) is 0 Å². The highest BCUT2D eigenvalue weighted by Crippen LogP contribution is 2.32. The maximum Gasteiger partial charge on any atom is 0.137 e. The Hall–Kier alpha value is -1.35. The molecule has 0 aliphatic carbocycles. The lowest BCUT2D eigenvalue weighted by Gasteiger charge is -2.13. The first-order chi connectivity index (χ1) is 7.52. The Morgan fingerprint density at radius 3 is 2.56 bits per heavy atom. The van der Waals surface area contributed by atoms with Crippen molar-refractivity contribution in [3.8, 4) is 0 Å². The zero-order chi connectivity index (χ0) is 11.9. The molecule has 1 heterocycles. The number of nitrogens with two attached hydrogens (primary N) is 1. The topological polar surface area (TPSA) is 39.2 Å². The molecule has 0 amide bonds. The number of halogens is 1. The molecular formula is C13H16FNO. The van der Waals surface area contributed by atoms with Crippen LogP contribution in [0.4, 0.5) is 4.39 Å². The van der Waals surface area contributed by atoms with E-state index in [1.807, 2.05) is 20.8 Å². The molecule has 2 N–H and O–H groups in total. The quantitative estimate of drug-likeness (QED) is 0.842. The first kappa shape index (κ1) is 11.1. The number of furan rings is 1. The van der Waals surface area contributed by atoms with E-state index in [1.165, 1.54) is 6.07 Å². The second-order valence-electron chi connectivity index (χ2n) is 4.47. The van der Waals surface area contributed by atoms with E-state index >= 15 is 0 Å². The monoisotopic (exact) mass is 221 g/mol. The smallest absolute Gasteiger partial charge is 0.137 e. The Labute approximate surface area is 94.2 Å². The van der Waals surface area contributed by atoms with E-state index in [2.05, 4.69) is 0 Å². The van der Waals surface area contributed by atoms with Crippen molar-refractivity contribution in [1.82, 2.24) is 0 Å². The average molecular weight is 221 g/mol. The molecule has 0 saturated carbocycles. The highest BCUT2D eigenvalue weighted by Gasteiger charge is 2.21. The summed E-state index contributed by atoms with van der Waals surface area (Å²) >= 11 is 0. The van der Waals surface area contributed by atoms with E-state index < -0.39 is 0 Å². The number of rotatable bonds is 2. The van der Waals surface area contributed by atoms with Gasteiger partial charge in [0.05, 0.1) is 11.4 Å². The summed E-state index contributed by atoms with van der Waals surface area (Å²) in [7, 11) is 0. The second-order valence-corrected chi connectivity index (χ2v) is 4.47. The normalized spacial score (nSPS) is 13.6. The van der Waals surface area contributed by atoms with Crippen LogP contribution in [0.1, 0.15) is 31.2 Å². The van der Waals surface area contributed by atoms with Crippen molar-refractivity contribution in [2.24, 2.45) is 11.7 Å². The zero-order valence-corrected chi connectivity index (χ0v) is 9.75. The molecule has 2 rings (SSSR count). The lowest BCUT2D eigenvalue weighted by Crippen LogP contribution is -2.16. The third-order valence-electron chi connectivity index (χ3n) is 2.96. The molecule has 0 radical (unpaired) electrons. The van der Waals surface area contributed by atoms with Crippen LogP contribution >= 0.6 is 0 Å². The van der Waals surface area contributed by atoms with E-state index in [4.69, 9.17) is 10.2 Å². The van der Waals surface area contributed by atoms with Crippen LogP contribution in [0.5, 0.6) is 0 Å². The predicted octanol–water partition coefficient (Wildman–Crippen LogP) is 3.54. The Bertz CT molecular complexity index is 516. The molecule has 1 atom stereocenters. The molecule has 0 fully saturated rings. The van der Waals surface area contributed by atoms with E-state index in [1.54, 1.807) is 12.1 Å². The standard InChI is InChI=1S/C13H16FNO/c1-7(2)12(15)13-8(3)11-9(14)5-4-6-10(11)16-13/h4-7,12H,15H2,1-3H3. The van der Waals surface area contributed by atoms with Gasteiger partial charge in [-0.2, -0.15) is 0 Å². The maximum absolute atomic E-state index is 13.6. The van der Waals surface area contributed by atoms with Gasteiger partial charge >= 0.3 is 0 Å². The molecule has 0 aliphatic heterocycles. The molecule has 86 valence electrons. The molecule has 1 unspecified atom stereocenters. The van der Waals surface area contributed by atoms with Gasteiger partial charge in [0.2, 0.25) is 0 Å². The van der Waals surface area contributed by atoms with Crippen molar-refractivity contribution < 1.29 is 8.81 Å². The summed E-state index contributed by atoms with van der Waals surface area (Å²) in [5, 5.41) is 0.550. The highest BCUT2D eigenvalue weighted by atomic mass is 19.1. The van der Waals surface area contributed by atoms with Crippen molar-refractivity contribution >= 4 is 11.0 Å². The van der Waals surface area contributed by atoms with Crippen LogP contribution < -0.4 is 5.73 Å². The predicted molar refractivity (Wildman–Crippen MR) is 62.7 cm³/mol. The van der Waals surface area contributed by atoms with Crippen molar-refractivity contribution in [3.63, 3.8) is 0 Å². The van der Waals surface area contributed by atoms with E-state index in [0.717, 1.165) is 5.56 Å². The number of fused-ring (bicyclic) bond motifs is 1. The lowest BCUT2D eigenvalue weighted by molar-refractivity contribution is 0.415. The van der Waals surface area contributed by atoms with Gasteiger partial charge in [0.15, 0.2) is 0 Å². The van der Waals surface area contributed by atoms with Crippen LogP contribution in [0.15, 0.2) is 22.6 Å². The van der Waals surface area contributed by atoms with Crippen LogP contribution in [0, 0.1) is 18.7 Å². The molecule has 0 spiro atoms. The third-order valence-corrected chi connectivity index (χ3v) is 2.96. The Kier molecular flexibility index (Phi) is 2.72. The SMILES string of the molecule is Cc1c(C(N)C(C)C)oc2cccc(F)c12. The number of hydrogen-bond acceptors (Lipinski definition) is 2. The van der Waals surface area contributed by atoms with Crippen molar-refractivity contribution in [2.75, 3.05) is 0 Å². The molecule has 1 aromatic carbocycles. The molecule has 1 aromatic heterocycles. The number of benzene rings is 1. The fourth-order valence-corrected chi connectivity index (χ4v) is 1.89. The van der Waals surface area contributed by atoms with Gasteiger partial charge in [0.25, 0.3) is 0 Å². The van der Waals surface area contributed by atoms with Gasteiger partial charge < -0.3 is 10.2 Å². The Morgan fingerprint density at radius 1 is 1.31 bits per heavy atom. The van der Waals surface area contributed by atoms with E-state index in [0.29, 0.717) is 16.7 Å². The van der Waals surface area contributed by atoms with Gasteiger partial charge in [-0.1, -0.05) is 19.9 Å². The summed E-state index contributed by atoms with van der Waals surface area (Å²) in [5.74, 6) is 0.707. The van der Waals surface area contributed by atoms with Crippen molar-refractivity contribution in [1.29, 1.82) is 0 Å². The minimum atomic E-state index is -0.249. The molecule has 0 aliphatic rings. The highest BCUT2D eigenvalue weighted by molar-refractivity contribution is 5.82. The van der Waals surface area contributed by atoms with Crippen LogP contribution in [0.25, 0.3) is 11.0 Å². The summed E-state index contributed by atoms with van der Waals surface area (Å²) < 4.78 is 19.3. The lowest BCUT2D eigenvalue weighted by atomic mass is 9.99. The Balaban J connectivity index is 2.65. The summed E-state index contributed by atoms with van der Waals surface area (Å²) in [4.78, 5) is 0. The van der Waals surface area contributed by atoms with Crippen LogP contribution in [0.2, 0.25) is 0 Å². The molecule has 3 heteroatoms. The second kappa shape index (κ2) is 3.91. The van der Waals surface area contributed by atoms with Crippen LogP contribution in [-0.2, 0) is 0 Å². The maximum atomic E-state index is 13.6. The summed E-state index contributed by atoms with van der Waals surface area (Å²) in [6.07, 6.45) is 0. The Morgan fingerprint density at radius 2 is 2.00 bits per heavy atom. The van der Waals surface area contributed by atoms with Crippen molar-refractivity contribution in [2.45, 2.75) is 26.8 Å². The molecule has 2 nitrogen and oxygen atoms in total. The number of hydrogen-bond donors (Lipinski definition) is 1. The average Bonchev–Trinajstić information content (AvgIpc) is 2.56. The van der Waals surface area contributed by atoms with Gasteiger partial charge in [0.1, 0.15) is 17.2 Å². The fraction of sp³-hybridized carbons (Fsp3) is 0.385. The van der Waals surface area contributed by atoms with Gasteiger partial charge in [-0.05, 0) is 25.0 Å². The zero-order valence-electron chi connectivity index (χ0n) is 9.75. The van der Waals surface area contributed by atoms with E-state index in [-0.39, 0.29) is 17.8 Å². The van der Waals surface area contributed by atoms with Gasteiger partial charge in [-0.25, -0.2) is 4.39 Å². The van der Waals surface area contributed by atoms with Gasteiger partial charge in [0, 0.05) is 5.56 Å². The number of aryl methyl sites for hydroxylation is 1. The summed E-state index contributed by atoms with van der Waals surface area (Å²) in [6, 6.07) is 4.66. The molecule has 0 bridgehead atoms.